The molecular formula is C26H32N2O5. The molecule has 2 N–H and O–H groups in total. The van der Waals surface area contributed by atoms with Crippen LogP contribution in [0.15, 0.2) is 48.5 Å². The highest BCUT2D eigenvalue weighted by Gasteiger charge is 2.28. The number of ether oxygens (including phenoxy) is 1. The molecule has 0 saturated carbocycles. The van der Waals surface area contributed by atoms with E-state index in [1.54, 1.807) is 7.05 Å². The van der Waals surface area contributed by atoms with Crippen LogP contribution in [0, 0.1) is 5.92 Å². The number of nitrogens with zero attached hydrogens (tertiary/aromatic N) is 1. The second-order valence-corrected chi connectivity index (χ2v) is 8.64. The first-order chi connectivity index (χ1) is 15.9. The van der Waals surface area contributed by atoms with Crippen LogP contribution in [0.25, 0.3) is 11.1 Å². The van der Waals surface area contributed by atoms with Gasteiger partial charge in [0, 0.05) is 32.5 Å². The number of rotatable bonds is 11. The monoisotopic (exact) mass is 452 g/mol. The molecule has 0 aliphatic heterocycles. The quantitative estimate of drug-likeness (QED) is 0.531. The van der Waals surface area contributed by atoms with Gasteiger partial charge in [-0.15, -0.1) is 0 Å². The number of carboxylic acids is 1. The van der Waals surface area contributed by atoms with Gasteiger partial charge in [-0.3, -0.25) is 9.59 Å². The molecule has 0 bridgehead atoms. The van der Waals surface area contributed by atoms with Crippen molar-refractivity contribution in [3.63, 3.8) is 0 Å². The van der Waals surface area contributed by atoms with E-state index in [2.05, 4.69) is 29.6 Å². The number of aliphatic carboxylic acids is 1. The molecule has 0 spiro atoms. The van der Waals surface area contributed by atoms with Crippen molar-refractivity contribution in [1.29, 1.82) is 0 Å². The molecular weight excluding hydrogens is 420 g/mol. The third-order valence-corrected chi connectivity index (χ3v) is 6.19. The van der Waals surface area contributed by atoms with Crippen LogP contribution in [0.5, 0.6) is 0 Å². The lowest BCUT2D eigenvalue weighted by atomic mass is 9.98. The molecule has 1 aliphatic rings. The Morgan fingerprint density at radius 2 is 1.61 bits per heavy atom. The summed E-state index contributed by atoms with van der Waals surface area (Å²) < 4.78 is 5.54. The van der Waals surface area contributed by atoms with Crippen LogP contribution in [-0.4, -0.2) is 54.7 Å². The van der Waals surface area contributed by atoms with Crippen LogP contribution in [-0.2, 0) is 14.3 Å². The summed E-state index contributed by atoms with van der Waals surface area (Å²) in [5, 5.41) is 11.5. The standard InChI is InChI=1S/C26H32N2O5/c1-18(11-12-24(29)28(2)16-14-25(30)31)13-15-27-26(32)33-17-23-21-9-5-3-7-19(21)20-8-4-6-10-22(20)23/h3-10,18,23H,11-17H2,1-2H3,(H,27,32)(H,30,31). The van der Waals surface area contributed by atoms with Crippen LogP contribution in [0.4, 0.5) is 4.79 Å². The van der Waals surface area contributed by atoms with Crippen molar-refractivity contribution in [2.45, 2.75) is 38.5 Å². The van der Waals surface area contributed by atoms with Crippen LogP contribution < -0.4 is 5.32 Å². The molecule has 1 atom stereocenters. The highest BCUT2D eigenvalue weighted by atomic mass is 16.5. The van der Waals surface area contributed by atoms with Gasteiger partial charge in [0.25, 0.3) is 0 Å². The maximum Gasteiger partial charge on any atom is 0.407 e. The van der Waals surface area contributed by atoms with E-state index in [9.17, 15) is 14.4 Å². The minimum Gasteiger partial charge on any atom is -0.481 e. The van der Waals surface area contributed by atoms with Crippen molar-refractivity contribution in [1.82, 2.24) is 10.2 Å². The second-order valence-electron chi connectivity index (χ2n) is 8.64. The van der Waals surface area contributed by atoms with Gasteiger partial charge in [0.1, 0.15) is 6.61 Å². The van der Waals surface area contributed by atoms with E-state index in [1.807, 2.05) is 31.2 Å². The fourth-order valence-corrected chi connectivity index (χ4v) is 4.16. The summed E-state index contributed by atoms with van der Waals surface area (Å²) in [5.74, 6) is -0.697. The highest BCUT2D eigenvalue weighted by Crippen LogP contribution is 2.44. The number of fused-ring (bicyclic) bond motifs is 3. The van der Waals surface area contributed by atoms with Gasteiger partial charge in [-0.05, 0) is 41.0 Å². The topological polar surface area (TPSA) is 95.9 Å². The summed E-state index contributed by atoms with van der Waals surface area (Å²) in [6.07, 6.45) is 1.29. The van der Waals surface area contributed by atoms with Crippen LogP contribution in [0.2, 0.25) is 0 Å². The number of carbonyl (C=O) groups excluding carboxylic acids is 2. The molecule has 2 aromatic rings. The zero-order valence-electron chi connectivity index (χ0n) is 19.3. The molecule has 0 aromatic heterocycles. The van der Waals surface area contributed by atoms with Gasteiger partial charge in [-0.2, -0.15) is 0 Å². The molecule has 7 nitrogen and oxygen atoms in total. The Balaban J connectivity index is 1.37. The minimum atomic E-state index is -0.915. The van der Waals surface area contributed by atoms with Crippen molar-refractivity contribution in [2.24, 2.45) is 5.92 Å². The van der Waals surface area contributed by atoms with Crippen molar-refractivity contribution in [3.05, 3.63) is 59.7 Å². The van der Waals surface area contributed by atoms with Gasteiger partial charge in [0.05, 0.1) is 6.42 Å². The predicted octanol–water partition coefficient (Wildman–Crippen LogP) is 4.26. The lowest BCUT2D eigenvalue weighted by Crippen LogP contribution is -2.30. The lowest BCUT2D eigenvalue weighted by Gasteiger charge is -2.18. The summed E-state index contributed by atoms with van der Waals surface area (Å²) >= 11 is 0. The van der Waals surface area contributed by atoms with E-state index >= 15 is 0 Å². The maximum atomic E-state index is 12.2. The summed E-state index contributed by atoms with van der Waals surface area (Å²) in [6, 6.07) is 16.4. The Morgan fingerprint density at radius 1 is 1.00 bits per heavy atom. The average Bonchev–Trinajstić information content (AvgIpc) is 3.13. The van der Waals surface area contributed by atoms with Crippen molar-refractivity contribution in [2.75, 3.05) is 26.7 Å². The van der Waals surface area contributed by atoms with Crippen molar-refractivity contribution in [3.8, 4) is 11.1 Å². The van der Waals surface area contributed by atoms with Crippen molar-refractivity contribution < 1.29 is 24.2 Å². The largest absolute Gasteiger partial charge is 0.481 e. The molecule has 0 saturated heterocycles. The zero-order chi connectivity index (χ0) is 23.8. The summed E-state index contributed by atoms with van der Waals surface area (Å²) in [7, 11) is 1.62. The Kier molecular flexibility index (Phi) is 8.46. The number of benzene rings is 2. The molecule has 1 unspecified atom stereocenters. The Morgan fingerprint density at radius 3 is 2.21 bits per heavy atom. The molecule has 1 aliphatic carbocycles. The molecule has 0 radical (unpaired) electrons. The number of carbonyl (C=O) groups is 3. The number of alkyl carbamates (subject to hydrolysis) is 1. The summed E-state index contributed by atoms with van der Waals surface area (Å²) in [4.78, 5) is 36.4. The number of nitrogens with one attached hydrogen (secondary N) is 1. The van der Waals surface area contributed by atoms with E-state index < -0.39 is 12.1 Å². The van der Waals surface area contributed by atoms with Gasteiger partial charge < -0.3 is 20.1 Å². The van der Waals surface area contributed by atoms with E-state index in [-0.39, 0.29) is 37.3 Å². The van der Waals surface area contributed by atoms with Crippen molar-refractivity contribution >= 4 is 18.0 Å². The zero-order valence-corrected chi connectivity index (χ0v) is 19.3. The van der Waals surface area contributed by atoms with E-state index in [0.717, 1.165) is 6.42 Å². The first-order valence-electron chi connectivity index (χ1n) is 11.4. The minimum absolute atomic E-state index is 0.0335. The number of carboxylic acid groups (broad SMARTS) is 1. The van der Waals surface area contributed by atoms with Gasteiger partial charge in [0.15, 0.2) is 0 Å². The third-order valence-electron chi connectivity index (χ3n) is 6.19. The molecule has 2 aromatic carbocycles. The number of hydrogen-bond acceptors (Lipinski definition) is 4. The van der Waals surface area contributed by atoms with Gasteiger partial charge in [0.2, 0.25) is 5.91 Å². The maximum absolute atomic E-state index is 12.2. The normalized spacial score (nSPS) is 13.0. The van der Waals surface area contributed by atoms with Gasteiger partial charge >= 0.3 is 12.1 Å². The third kappa shape index (κ3) is 6.57. The summed E-state index contributed by atoms with van der Waals surface area (Å²) in [6.45, 7) is 3.00. The van der Waals surface area contributed by atoms with Crippen LogP contribution in [0.1, 0.15) is 49.7 Å². The molecule has 7 heteroatoms. The highest BCUT2D eigenvalue weighted by molar-refractivity contribution is 5.79. The first-order valence-corrected chi connectivity index (χ1v) is 11.4. The van der Waals surface area contributed by atoms with Gasteiger partial charge in [-0.1, -0.05) is 55.5 Å². The second kappa shape index (κ2) is 11.5. The van der Waals surface area contributed by atoms with E-state index in [0.29, 0.717) is 19.4 Å². The fourth-order valence-electron chi connectivity index (χ4n) is 4.16. The number of amides is 2. The summed E-state index contributed by atoms with van der Waals surface area (Å²) in [5.41, 5.74) is 4.74. The Labute approximate surface area is 194 Å². The SMILES string of the molecule is CC(CCNC(=O)OCC1c2ccccc2-c2ccccc21)CCC(=O)N(C)CCC(=O)O. The number of hydrogen-bond donors (Lipinski definition) is 2. The Bertz CT molecular complexity index is 945. The smallest absolute Gasteiger partial charge is 0.407 e. The molecule has 3 rings (SSSR count). The molecule has 0 fully saturated rings. The van der Waals surface area contributed by atoms with Crippen LogP contribution >= 0.6 is 0 Å². The molecule has 33 heavy (non-hydrogen) atoms. The van der Waals surface area contributed by atoms with Gasteiger partial charge in [-0.25, -0.2) is 4.79 Å². The fraction of sp³-hybridized carbons (Fsp3) is 0.423. The Hall–Kier alpha value is -3.35. The molecule has 2 amide bonds. The predicted molar refractivity (Wildman–Crippen MR) is 126 cm³/mol. The van der Waals surface area contributed by atoms with E-state index in [4.69, 9.17) is 9.84 Å². The average molecular weight is 453 g/mol. The van der Waals surface area contributed by atoms with E-state index in [1.165, 1.54) is 27.2 Å². The van der Waals surface area contributed by atoms with Crippen LogP contribution in [0.3, 0.4) is 0 Å². The first kappa shape index (κ1) is 24.3. The molecule has 0 heterocycles. The lowest BCUT2D eigenvalue weighted by molar-refractivity contribution is -0.138. The molecule has 176 valence electrons.